The van der Waals surface area contributed by atoms with Gasteiger partial charge in [0.25, 0.3) is 5.91 Å². The quantitative estimate of drug-likeness (QED) is 0.411. The van der Waals surface area contributed by atoms with Crippen LogP contribution in [-0.4, -0.2) is 48.7 Å². The number of nitrogens with one attached hydrogen (secondary N) is 1. The van der Waals surface area contributed by atoms with Crippen LogP contribution >= 0.6 is 0 Å². The van der Waals surface area contributed by atoms with E-state index in [1.54, 1.807) is 19.2 Å². The number of carbonyl (C=O) groups is 1. The van der Waals surface area contributed by atoms with Crippen LogP contribution in [0.4, 0.5) is 0 Å². The fourth-order valence-electron chi connectivity index (χ4n) is 5.42. The molecule has 1 saturated heterocycles. The number of likely N-dealkylation sites (tertiary alicyclic amines) is 1. The molecule has 0 aliphatic carbocycles. The van der Waals surface area contributed by atoms with E-state index in [1.807, 2.05) is 49.4 Å². The van der Waals surface area contributed by atoms with Crippen molar-refractivity contribution in [3.05, 3.63) is 89.0 Å². The molecule has 3 atom stereocenters. The summed E-state index contributed by atoms with van der Waals surface area (Å²) in [6.07, 6.45) is 0.907. The molecule has 0 bridgehead atoms. The Morgan fingerprint density at radius 1 is 1.13 bits per heavy atom. The second-order valence-corrected chi connectivity index (χ2v) is 10.5. The number of hydrogen-bond acceptors (Lipinski definition) is 5. The van der Waals surface area contributed by atoms with Gasteiger partial charge >= 0.3 is 0 Å². The molecule has 1 fully saturated rings. The Morgan fingerprint density at radius 2 is 1.87 bits per heavy atom. The molecule has 0 saturated carbocycles. The fraction of sp³-hybridized carbons (Fsp3) is 0.344. The summed E-state index contributed by atoms with van der Waals surface area (Å²) in [4.78, 5) is 14.6. The molecule has 0 aromatic heterocycles. The number of rotatable bonds is 7. The first-order valence-corrected chi connectivity index (χ1v) is 13.3. The minimum Gasteiger partial charge on any atom is -0.508 e. The van der Waals surface area contributed by atoms with Crippen molar-refractivity contribution in [3.63, 3.8) is 0 Å². The average Bonchev–Trinajstić information content (AvgIpc) is 3.38. The lowest BCUT2D eigenvalue weighted by molar-refractivity contribution is 0.0963. The molecule has 3 aromatic rings. The van der Waals surface area contributed by atoms with Crippen molar-refractivity contribution >= 4 is 17.1 Å². The Balaban J connectivity index is 1.41. The van der Waals surface area contributed by atoms with Gasteiger partial charge in [0.05, 0.1) is 0 Å². The zero-order valence-corrected chi connectivity index (χ0v) is 22.5. The summed E-state index contributed by atoms with van der Waals surface area (Å²) in [5.41, 5.74) is 5.44. The lowest BCUT2D eigenvalue weighted by atomic mass is 9.86. The van der Waals surface area contributed by atoms with Crippen molar-refractivity contribution in [1.29, 1.82) is 0 Å². The van der Waals surface area contributed by atoms with Crippen molar-refractivity contribution in [3.8, 4) is 17.2 Å². The number of hydrogen-bond donors (Lipinski definition) is 2. The van der Waals surface area contributed by atoms with Gasteiger partial charge in [-0.3, -0.25) is 9.69 Å². The monoisotopic (exact) mass is 512 g/mol. The van der Waals surface area contributed by atoms with Crippen LogP contribution in [0.3, 0.4) is 0 Å². The second-order valence-electron chi connectivity index (χ2n) is 10.5. The fourth-order valence-corrected chi connectivity index (χ4v) is 5.42. The van der Waals surface area contributed by atoms with Gasteiger partial charge in [0.2, 0.25) is 0 Å². The van der Waals surface area contributed by atoms with Crippen LogP contribution in [0.25, 0.3) is 11.1 Å². The largest absolute Gasteiger partial charge is 0.508 e. The maximum atomic E-state index is 12.1. The van der Waals surface area contributed by atoms with Gasteiger partial charge in [0.15, 0.2) is 0 Å². The van der Waals surface area contributed by atoms with Crippen LogP contribution in [-0.2, 0) is 0 Å². The van der Waals surface area contributed by atoms with E-state index in [4.69, 9.17) is 9.47 Å². The third-order valence-electron chi connectivity index (χ3n) is 7.72. The molecule has 5 rings (SSSR count). The predicted molar refractivity (Wildman–Crippen MR) is 151 cm³/mol. The highest BCUT2D eigenvalue weighted by atomic mass is 16.5. The number of ether oxygens (including phenoxy) is 2. The van der Waals surface area contributed by atoms with Crippen LogP contribution in [0.1, 0.15) is 60.3 Å². The molecule has 2 aliphatic heterocycles. The van der Waals surface area contributed by atoms with E-state index in [2.05, 4.69) is 36.2 Å². The van der Waals surface area contributed by atoms with Gasteiger partial charge < -0.3 is 19.9 Å². The van der Waals surface area contributed by atoms with Crippen molar-refractivity contribution in [2.75, 3.05) is 26.7 Å². The van der Waals surface area contributed by atoms with E-state index in [0.29, 0.717) is 18.2 Å². The van der Waals surface area contributed by atoms with Gasteiger partial charge in [-0.05, 0) is 91.9 Å². The Morgan fingerprint density at radius 3 is 2.53 bits per heavy atom. The molecule has 198 valence electrons. The van der Waals surface area contributed by atoms with E-state index in [9.17, 15) is 9.90 Å². The van der Waals surface area contributed by atoms with E-state index >= 15 is 0 Å². The van der Waals surface area contributed by atoms with Crippen LogP contribution in [0.2, 0.25) is 0 Å². The third kappa shape index (κ3) is 5.27. The Bertz CT molecular complexity index is 1330. The molecule has 3 aromatic carbocycles. The lowest BCUT2D eigenvalue weighted by Crippen LogP contribution is -2.35. The number of fused-ring (bicyclic) bond motifs is 1. The van der Waals surface area contributed by atoms with E-state index in [0.717, 1.165) is 58.3 Å². The van der Waals surface area contributed by atoms with Gasteiger partial charge in [0, 0.05) is 36.3 Å². The molecular weight excluding hydrogens is 476 g/mol. The Labute approximate surface area is 224 Å². The summed E-state index contributed by atoms with van der Waals surface area (Å²) in [5, 5.41) is 12.8. The number of aromatic hydroxyl groups is 1. The van der Waals surface area contributed by atoms with Crippen molar-refractivity contribution < 1.29 is 19.4 Å². The molecule has 6 heteroatoms. The molecule has 0 spiro atoms. The zero-order valence-electron chi connectivity index (χ0n) is 22.5. The lowest BCUT2D eigenvalue weighted by Gasteiger charge is -2.31. The number of phenolic OH excluding ortho intramolecular Hbond substituents is 1. The predicted octanol–water partition coefficient (Wildman–Crippen LogP) is 5.93. The Kier molecular flexibility index (Phi) is 7.43. The van der Waals surface area contributed by atoms with Crippen LogP contribution in [0.5, 0.6) is 17.2 Å². The summed E-state index contributed by atoms with van der Waals surface area (Å²) in [6.45, 7) is 9.52. The molecule has 6 nitrogen and oxygen atoms in total. The zero-order chi connectivity index (χ0) is 26.8. The van der Waals surface area contributed by atoms with Crippen LogP contribution in [0, 0.1) is 5.92 Å². The summed E-state index contributed by atoms with van der Waals surface area (Å²) in [5.74, 6) is 2.39. The standard InChI is InChI=1S/C32H36N2O4/c1-20-15-16-34(18-20)21(2)19-37-27-12-9-24(10-13-27)31-30(23-5-7-25(8-6-23)32(36)33-4)22(3)28-17-26(35)11-14-29(28)38-31/h5-14,17,20-21,31,35H,15-16,18-19H2,1-4H3,(H,33,36). The number of carbonyl (C=O) groups excluding carboxylic acids is 1. The molecule has 38 heavy (non-hydrogen) atoms. The maximum Gasteiger partial charge on any atom is 0.251 e. The van der Waals surface area contributed by atoms with Gasteiger partial charge in [-0.1, -0.05) is 31.2 Å². The number of amides is 1. The molecule has 0 radical (unpaired) electrons. The average molecular weight is 513 g/mol. The van der Waals surface area contributed by atoms with Crippen molar-refractivity contribution in [2.24, 2.45) is 5.92 Å². The smallest absolute Gasteiger partial charge is 0.251 e. The maximum absolute atomic E-state index is 12.1. The summed E-state index contributed by atoms with van der Waals surface area (Å²) < 4.78 is 12.7. The van der Waals surface area contributed by atoms with Crippen molar-refractivity contribution in [2.45, 2.75) is 39.3 Å². The van der Waals surface area contributed by atoms with Gasteiger partial charge in [-0.25, -0.2) is 0 Å². The van der Waals surface area contributed by atoms with Gasteiger partial charge in [0.1, 0.15) is 30.0 Å². The van der Waals surface area contributed by atoms with E-state index in [1.165, 1.54) is 6.42 Å². The second kappa shape index (κ2) is 10.9. The molecule has 3 unspecified atom stereocenters. The van der Waals surface area contributed by atoms with Crippen LogP contribution < -0.4 is 14.8 Å². The highest BCUT2D eigenvalue weighted by Crippen LogP contribution is 2.47. The molecule has 2 aliphatic rings. The highest BCUT2D eigenvalue weighted by molar-refractivity contribution is 5.97. The third-order valence-corrected chi connectivity index (χ3v) is 7.72. The van der Waals surface area contributed by atoms with Crippen LogP contribution in [0.15, 0.2) is 66.7 Å². The summed E-state index contributed by atoms with van der Waals surface area (Å²) >= 11 is 0. The SMILES string of the molecule is CNC(=O)c1ccc(C2=C(C)c3cc(O)ccc3OC2c2ccc(OCC(C)N3CCC(C)C3)cc2)cc1. The number of phenols is 1. The summed E-state index contributed by atoms with van der Waals surface area (Å²) in [7, 11) is 1.62. The number of nitrogens with zero attached hydrogens (tertiary/aromatic N) is 1. The van der Waals surface area contributed by atoms with Crippen molar-refractivity contribution in [1.82, 2.24) is 10.2 Å². The molecular formula is C32H36N2O4. The van der Waals surface area contributed by atoms with Gasteiger partial charge in [-0.15, -0.1) is 0 Å². The first-order valence-electron chi connectivity index (χ1n) is 13.3. The number of allylic oxidation sites excluding steroid dienone is 1. The number of benzene rings is 3. The topological polar surface area (TPSA) is 71.0 Å². The molecule has 2 heterocycles. The normalized spacial score (nSPS) is 20.0. The minimum absolute atomic E-state index is 0.127. The first-order chi connectivity index (χ1) is 18.3. The minimum atomic E-state index is -0.350. The highest BCUT2D eigenvalue weighted by Gasteiger charge is 2.30. The van der Waals surface area contributed by atoms with E-state index in [-0.39, 0.29) is 17.8 Å². The van der Waals surface area contributed by atoms with Gasteiger partial charge in [-0.2, -0.15) is 0 Å². The molecule has 2 N–H and O–H groups in total. The Hall–Kier alpha value is -3.77. The first kappa shape index (κ1) is 25.9. The van der Waals surface area contributed by atoms with E-state index < -0.39 is 0 Å². The molecule has 1 amide bonds. The summed E-state index contributed by atoms with van der Waals surface area (Å²) in [6, 6.07) is 21.2.